The molecule has 0 fully saturated rings. The van der Waals surface area contributed by atoms with Crippen LogP contribution in [0.25, 0.3) is 0 Å². The van der Waals surface area contributed by atoms with E-state index in [1.165, 1.54) is 6.07 Å². The van der Waals surface area contributed by atoms with E-state index in [4.69, 9.17) is 10.8 Å². The molecule has 3 N–H and O–H groups in total. The average molecular weight is 260 g/mol. The number of carboxylic acids is 1. The third-order valence-electron chi connectivity index (χ3n) is 2.87. The van der Waals surface area contributed by atoms with E-state index in [-0.39, 0.29) is 5.56 Å². The Labute approximate surface area is 111 Å². The number of rotatable bonds is 4. The van der Waals surface area contributed by atoms with E-state index in [0.29, 0.717) is 17.9 Å². The summed E-state index contributed by atoms with van der Waals surface area (Å²) in [7, 11) is 3.72. The van der Waals surface area contributed by atoms with Crippen LogP contribution >= 0.6 is 0 Å². The second-order valence-electron chi connectivity index (χ2n) is 4.46. The van der Waals surface area contributed by atoms with Gasteiger partial charge in [0.1, 0.15) is 0 Å². The monoisotopic (exact) mass is 260 g/mol. The normalized spacial score (nSPS) is 10.4. The fourth-order valence-corrected chi connectivity index (χ4v) is 1.92. The molecule has 0 aliphatic heterocycles. The SMILES string of the molecule is CN(Cc1cnn(C)c1)c1cc(C(=O)O)ccc1N. The highest BCUT2D eigenvalue weighted by Gasteiger charge is 2.11. The molecule has 0 saturated carbocycles. The molecule has 0 aliphatic rings. The molecule has 0 spiro atoms. The van der Waals surface area contributed by atoms with Crippen LogP contribution in [0.4, 0.5) is 11.4 Å². The fraction of sp³-hybridized carbons (Fsp3) is 0.231. The van der Waals surface area contributed by atoms with Gasteiger partial charge in [-0.2, -0.15) is 5.10 Å². The highest BCUT2D eigenvalue weighted by molar-refractivity contribution is 5.90. The predicted molar refractivity (Wildman–Crippen MR) is 73.1 cm³/mol. The number of hydrogen-bond donors (Lipinski definition) is 2. The van der Waals surface area contributed by atoms with Crippen LogP contribution in [0.2, 0.25) is 0 Å². The summed E-state index contributed by atoms with van der Waals surface area (Å²) in [5, 5.41) is 13.1. The van der Waals surface area contributed by atoms with Gasteiger partial charge in [-0.25, -0.2) is 4.79 Å². The average Bonchev–Trinajstić information content (AvgIpc) is 2.74. The van der Waals surface area contributed by atoms with Crippen molar-refractivity contribution in [1.29, 1.82) is 0 Å². The van der Waals surface area contributed by atoms with Gasteiger partial charge in [0.25, 0.3) is 0 Å². The Balaban J connectivity index is 2.25. The molecule has 1 heterocycles. The van der Waals surface area contributed by atoms with Gasteiger partial charge < -0.3 is 15.7 Å². The maximum atomic E-state index is 11.0. The van der Waals surface area contributed by atoms with Crippen molar-refractivity contribution in [3.8, 4) is 0 Å². The van der Waals surface area contributed by atoms with Crippen LogP contribution in [0.1, 0.15) is 15.9 Å². The number of nitrogen functional groups attached to an aromatic ring is 1. The van der Waals surface area contributed by atoms with Gasteiger partial charge in [0.05, 0.1) is 23.1 Å². The highest BCUT2D eigenvalue weighted by Crippen LogP contribution is 2.25. The summed E-state index contributed by atoms with van der Waals surface area (Å²) in [6.45, 7) is 0.612. The summed E-state index contributed by atoms with van der Waals surface area (Å²) in [6, 6.07) is 4.69. The number of nitrogens with two attached hydrogens (primary N) is 1. The number of carbonyl (C=O) groups is 1. The zero-order chi connectivity index (χ0) is 14.0. The summed E-state index contributed by atoms with van der Waals surface area (Å²) in [4.78, 5) is 12.9. The lowest BCUT2D eigenvalue weighted by atomic mass is 10.1. The van der Waals surface area contributed by atoms with Gasteiger partial charge in [-0.3, -0.25) is 4.68 Å². The molecule has 2 rings (SSSR count). The molecule has 0 atom stereocenters. The van der Waals surface area contributed by atoms with E-state index in [2.05, 4.69) is 5.10 Å². The first kappa shape index (κ1) is 12.9. The lowest BCUT2D eigenvalue weighted by molar-refractivity contribution is 0.0697. The molecule has 1 aromatic heterocycles. The van der Waals surface area contributed by atoms with E-state index >= 15 is 0 Å². The van der Waals surface area contributed by atoms with Crippen molar-refractivity contribution in [3.63, 3.8) is 0 Å². The van der Waals surface area contributed by atoms with E-state index in [0.717, 1.165) is 5.56 Å². The minimum atomic E-state index is -0.962. The predicted octanol–water partition coefficient (Wildman–Crippen LogP) is 1.34. The van der Waals surface area contributed by atoms with Crippen molar-refractivity contribution in [2.45, 2.75) is 6.54 Å². The van der Waals surface area contributed by atoms with Crippen LogP contribution in [-0.2, 0) is 13.6 Å². The summed E-state index contributed by atoms with van der Waals surface area (Å²) >= 11 is 0. The fourth-order valence-electron chi connectivity index (χ4n) is 1.92. The van der Waals surface area contributed by atoms with Gasteiger partial charge in [-0.15, -0.1) is 0 Å². The molecular weight excluding hydrogens is 244 g/mol. The maximum Gasteiger partial charge on any atom is 0.335 e. The lowest BCUT2D eigenvalue weighted by Gasteiger charge is -2.20. The van der Waals surface area contributed by atoms with Gasteiger partial charge in [0.2, 0.25) is 0 Å². The van der Waals surface area contributed by atoms with Crippen molar-refractivity contribution in [2.75, 3.05) is 17.7 Å². The Kier molecular flexibility index (Phi) is 3.41. The van der Waals surface area contributed by atoms with Crippen molar-refractivity contribution >= 4 is 17.3 Å². The van der Waals surface area contributed by atoms with E-state index in [1.54, 1.807) is 23.0 Å². The Morgan fingerprint density at radius 3 is 2.84 bits per heavy atom. The number of benzene rings is 1. The summed E-state index contributed by atoms with van der Waals surface area (Å²) in [6.07, 6.45) is 3.68. The molecule has 0 radical (unpaired) electrons. The van der Waals surface area contributed by atoms with Gasteiger partial charge >= 0.3 is 5.97 Å². The van der Waals surface area contributed by atoms with Crippen LogP contribution in [0.5, 0.6) is 0 Å². The van der Waals surface area contributed by atoms with Crippen LogP contribution in [0.3, 0.4) is 0 Å². The summed E-state index contributed by atoms with van der Waals surface area (Å²) in [5.74, 6) is -0.962. The molecule has 0 bridgehead atoms. The Hall–Kier alpha value is -2.50. The number of carboxylic acid groups (broad SMARTS) is 1. The molecule has 19 heavy (non-hydrogen) atoms. The molecule has 0 amide bonds. The van der Waals surface area contributed by atoms with Crippen LogP contribution in [0, 0.1) is 0 Å². The van der Waals surface area contributed by atoms with Gasteiger partial charge in [0, 0.05) is 32.4 Å². The van der Waals surface area contributed by atoms with Gasteiger partial charge in [-0.05, 0) is 18.2 Å². The molecule has 0 saturated heterocycles. The van der Waals surface area contributed by atoms with Crippen molar-refractivity contribution in [1.82, 2.24) is 9.78 Å². The van der Waals surface area contributed by atoms with Crippen molar-refractivity contribution in [2.24, 2.45) is 7.05 Å². The van der Waals surface area contributed by atoms with Gasteiger partial charge in [-0.1, -0.05) is 0 Å². The number of aromatic carboxylic acids is 1. The topological polar surface area (TPSA) is 84.4 Å². The molecule has 2 aromatic rings. The lowest BCUT2D eigenvalue weighted by Crippen LogP contribution is -2.18. The van der Waals surface area contributed by atoms with E-state index in [9.17, 15) is 4.79 Å². The number of nitrogens with zero attached hydrogens (tertiary/aromatic N) is 3. The van der Waals surface area contributed by atoms with Crippen LogP contribution in [0.15, 0.2) is 30.6 Å². The quantitative estimate of drug-likeness (QED) is 0.810. The number of aryl methyl sites for hydroxylation is 1. The molecular formula is C13H16N4O2. The standard InChI is InChI=1S/C13H16N4O2/c1-16(7-9-6-15-17(2)8-9)12-5-10(13(18)19)3-4-11(12)14/h3-6,8H,7,14H2,1-2H3,(H,18,19). The van der Waals surface area contributed by atoms with Gasteiger partial charge in [0.15, 0.2) is 0 Å². The largest absolute Gasteiger partial charge is 0.478 e. The van der Waals surface area contributed by atoms with Crippen LogP contribution in [-0.4, -0.2) is 27.9 Å². The Bertz CT molecular complexity index is 606. The van der Waals surface area contributed by atoms with E-state index in [1.807, 2.05) is 25.2 Å². The minimum absolute atomic E-state index is 0.224. The minimum Gasteiger partial charge on any atom is -0.478 e. The molecule has 100 valence electrons. The second-order valence-corrected chi connectivity index (χ2v) is 4.46. The smallest absolute Gasteiger partial charge is 0.335 e. The van der Waals surface area contributed by atoms with E-state index < -0.39 is 5.97 Å². The summed E-state index contributed by atoms with van der Waals surface area (Å²) < 4.78 is 1.72. The number of hydrogen-bond acceptors (Lipinski definition) is 4. The molecule has 1 aromatic carbocycles. The second kappa shape index (κ2) is 5.01. The molecule has 6 heteroatoms. The first-order chi connectivity index (χ1) is 8.97. The zero-order valence-corrected chi connectivity index (χ0v) is 10.9. The molecule has 6 nitrogen and oxygen atoms in total. The number of aromatic nitrogens is 2. The Morgan fingerprint density at radius 2 is 2.26 bits per heavy atom. The van der Waals surface area contributed by atoms with Crippen molar-refractivity contribution in [3.05, 3.63) is 41.7 Å². The third-order valence-corrected chi connectivity index (χ3v) is 2.87. The Morgan fingerprint density at radius 1 is 1.53 bits per heavy atom. The number of anilines is 2. The van der Waals surface area contributed by atoms with Crippen LogP contribution < -0.4 is 10.6 Å². The maximum absolute atomic E-state index is 11.0. The zero-order valence-electron chi connectivity index (χ0n) is 10.9. The molecule has 0 unspecified atom stereocenters. The third kappa shape index (κ3) is 2.85. The first-order valence-electron chi connectivity index (χ1n) is 5.79. The highest BCUT2D eigenvalue weighted by atomic mass is 16.4. The molecule has 0 aliphatic carbocycles. The summed E-state index contributed by atoms with van der Waals surface area (Å²) in [5.41, 5.74) is 8.40. The first-order valence-corrected chi connectivity index (χ1v) is 5.79. The van der Waals surface area contributed by atoms with Crippen molar-refractivity contribution < 1.29 is 9.90 Å².